The molecule has 0 radical (unpaired) electrons. The van der Waals surface area contributed by atoms with Gasteiger partial charge in [0.1, 0.15) is 0 Å². The smallest absolute Gasteiger partial charge is 0.309 e. The maximum absolute atomic E-state index is 11.9. The van der Waals surface area contributed by atoms with Crippen LogP contribution in [0.25, 0.3) is 0 Å². The minimum atomic E-state index is -0.545. The molecule has 3 fully saturated rings. The number of carbonyl (C=O) groups is 1. The molecule has 114 valence electrons. The number of carboxylic acids is 1. The SMILES string of the molecule is CC1CCC2C(CCC3C(C)(C(=O)O)CCC[C@@]23C)C1. The lowest BCUT2D eigenvalue weighted by molar-refractivity contribution is -0.172. The summed E-state index contributed by atoms with van der Waals surface area (Å²) in [5, 5.41) is 9.79. The topological polar surface area (TPSA) is 37.3 Å². The van der Waals surface area contributed by atoms with Crippen molar-refractivity contribution in [2.75, 3.05) is 0 Å². The van der Waals surface area contributed by atoms with Crippen molar-refractivity contribution in [3.05, 3.63) is 0 Å². The zero-order valence-corrected chi connectivity index (χ0v) is 13.3. The molecule has 6 atom stereocenters. The monoisotopic (exact) mass is 278 g/mol. The molecule has 2 nitrogen and oxygen atoms in total. The zero-order valence-electron chi connectivity index (χ0n) is 13.3. The Morgan fingerprint density at radius 3 is 2.55 bits per heavy atom. The summed E-state index contributed by atoms with van der Waals surface area (Å²) in [6, 6.07) is 0. The summed E-state index contributed by atoms with van der Waals surface area (Å²) in [6.45, 7) is 6.86. The van der Waals surface area contributed by atoms with Crippen molar-refractivity contribution in [3.63, 3.8) is 0 Å². The minimum absolute atomic E-state index is 0.286. The number of hydrogen-bond acceptors (Lipinski definition) is 1. The quantitative estimate of drug-likeness (QED) is 0.753. The number of rotatable bonds is 1. The summed E-state index contributed by atoms with van der Waals surface area (Å²) < 4.78 is 0. The molecule has 3 rings (SSSR count). The van der Waals surface area contributed by atoms with E-state index >= 15 is 0 Å². The van der Waals surface area contributed by atoms with Crippen molar-refractivity contribution < 1.29 is 9.90 Å². The Balaban J connectivity index is 1.92. The second-order valence-corrected chi connectivity index (χ2v) is 8.50. The molecule has 0 bridgehead atoms. The highest BCUT2D eigenvalue weighted by Crippen LogP contribution is 2.64. The van der Waals surface area contributed by atoms with Crippen LogP contribution in [0, 0.1) is 34.5 Å². The fourth-order valence-electron chi connectivity index (χ4n) is 6.33. The normalized spacial score (nSPS) is 52.0. The molecule has 1 N–H and O–H groups in total. The van der Waals surface area contributed by atoms with Crippen LogP contribution in [0.4, 0.5) is 0 Å². The first-order valence-electron chi connectivity index (χ1n) is 8.61. The Kier molecular flexibility index (Phi) is 3.42. The molecule has 0 saturated heterocycles. The summed E-state index contributed by atoms with van der Waals surface area (Å²) in [7, 11) is 0. The molecule has 2 heteroatoms. The Morgan fingerprint density at radius 2 is 1.85 bits per heavy atom. The van der Waals surface area contributed by atoms with Gasteiger partial charge in [0.25, 0.3) is 0 Å². The second kappa shape index (κ2) is 4.74. The van der Waals surface area contributed by atoms with Crippen LogP contribution in [-0.2, 0) is 4.79 Å². The standard InChI is InChI=1S/C18H30O2/c1-12-5-7-14-13(11-12)6-8-15-17(14,2)9-4-10-18(15,3)16(19)20/h12-15H,4-11H2,1-3H3,(H,19,20)/t12?,13?,14?,15?,17-,18?/m0/s1. The van der Waals surface area contributed by atoms with E-state index in [1.54, 1.807) is 0 Å². The van der Waals surface area contributed by atoms with Crippen molar-refractivity contribution >= 4 is 5.97 Å². The predicted molar refractivity (Wildman–Crippen MR) is 80.4 cm³/mol. The third-order valence-corrected chi connectivity index (χ3v) is 7.38. The van der Waals surface area contributed by atoms with Crippen molar-refractivity contribution in [1.29, 1.82) is 0 Å². The van der Waals surface area contributed by atoms with Crippen LogP contribution in [0.1, 0.15) is 72.1 Å². The molecule has 3 aliphatic rings. The fraction of sp³-hybridized carbons (Fsp3) is 0.944. The first kappa shape index (κ1) is 14.4. The van der Waals surface area contributed by atoms with E-state index in [4.69, 9.17) is 0 Å². The molecular weight excluding hydrogens is 248 g/mol. The molecule has 3 saturated carbocycles. The summed E-state index contributed by atoms with van der Waals surface area (Å²) in [6.07, 6.45) is 9.75. The average molecular weight is 278 g/mol. The van der Waals surface area contributed by atoms with E-state index in [0.717, 1.165) is 37.0 Å². The van der Waals surface area contributed by atoms with E-state index in [0.29, 0.717) is 5.92 Å². The van der Waals surface area contributed by atoms with Gasteiger partial charge in [-0.15, -0.1) is 0 Å². The summed E-state index contributed by atoms with van der Waals surface area (Å²) in [5.41, 5.74) is -0.185. The molecular formula is C18H30O2. The lowest BCUT2D eigenvalue weighted by Crippen LogP contribution is -2.55. The van der Waals surface area contributed by atoms with Crippen LogP contribution in [0.3, 0.4) is 0 Å². The van der Waals surface area contributed by atoms with Gasteiger partial charge >= 0.3 is 5.97 Å². The molecule has 0 aliphatic heterocycles. The Bertz CT molecular complexity index is 404. The molecule has 3 aliphatic carbocycles. The highest BCUT2D eigenvalue weighted by atomic mass is 16.4. The van der Waals surface area contributed by atoms with Crippen molar-refractivity contribution in [2.24, 2.45) is 34.5 Å². The molecule has 0 amide bonds. The van der Waals surface area contributed by atoms with E-state index in [1.165, 1.54) is 32.1 Å². The number of fused-ring (bicyclic) bond motifs is 3. The van der Waals surface area contributed by atoms with Gasteiger partial charge in [-0.25, -0.2) is 0 Å². The van der Waals surface area contributed by atoms with Gasteiger partial charge in [-0.1, -0.05) is 26.7 Å². The number of aliphatic carboxylic acids is 1. The van der Waals surface area contributed by atoms with Gasteiger partial charge < -0.3 is 5.11 Å². The summed E-state index contributed by atoms with van der Waals surface area (Å²) >= 11 is 0. The van der Waals surface area contributed by atoms with Gasteiger partial charge in [-0.05, 0) is 74.5 Å². The Morgan fingerprint density at radius 1 is 1.10 bits per heavy atom. The maximum Gasteiger partial charge on any atom is 0.309 e. The van der Waals surface area contributed by atoms with Gasteiger partial charge in [0.15, 0.2) is 0 Å². The predicted octanol–water partition coefficient (Wildman–Crippen LogP) is 4.73. The molecule has 0 spiro atoms. The highest BCUT2D eigenvalue weighted by molar-refractivity contribution is 5.75. The van der Waals surface area contributed by atoms with Crippen molar-refractivity contribution in [1.82, 2.24) is 0 Å². The van der Waals surface area contributed by atoms with E-state index in [9.17, 15) is 9.90 Å². The summed E-state index contributed by atoms with van der Waals surface area (Å²) in [5.74, 6) is 2.39. The van der Waals surface area contributed by atoms with Gasteiger partial charge in [-0.3, -0.25) is 4.79 Å². The van der Waals surface area contributed by atoms with E-state index in [-0.39, 0.29) is 5.41 Å². The van der Waals surface area contributed by atoms with E-state index in [2.05, 4.69) is 13.8 Å². The van der Waals surface area contributed by atoms with Gasteiger partial charge in [0, 0.05) is 0 Å². The van der Waals surface area contributed by atoms with Crippen LogP contribution in [0.15, 0.2) is 0 Å². The van der Waals surface area contributed by atoms with Gasteiger partial charge in [-0.2, -0.15) is 0 Å². The Labute approximate surface area is 123 Å². The number of carboxylic acid groups (broad SMARTS) is 1. The van der Waals surface area contributed by atoms with E-state index < -0.39 is 11.4 Å². The molecule has 0 heterocycles. The van der Waals surface area contributed by atoms with Crippen LogP contribution in [0.2, 0.25) is 0 Å². The molecule has 20 heavy (non-hydrogen) atoms. The van der Waals surface area contributed by atoms with Crippen LogP contribution >= 0.6 is 0 Å². The first-order chi connectivity index (χ1) is 9.38. The third-order valence-electron chi connectivity index (χ3n) is 7.38. The Hall–Kier alpha value is -0.530. The molecule has 0 aromatic rings. The first-order valence-corrected chi connectivity index (χ1v) is 8.61. The van der Waals surface area contributed by atoms with Gasteiger partial charge in [0.2, 0.25) is 0 Å². The average Bonchev–Trinajstić information content (AvgIpc) is 2.37. The van der Waals surface area contributed by atoms with Crippen LogP contribution in [0.5, 0.6) is 0 Å². The largest absolute Gasteiger partial charge is 0.481 e. The van der Waals surface area contributed by atoms with E-state index in [1.807, 2.05) is 6.92 Å². The van der Waals surface area contributed by atoms with Crippen molar-refractivity contribution in [3.8, 4) is 0 Å². The third kappa shape index (κ3) is 1.94. The second-order valence-electron chi connectivity index (χ2n) is 8.50. The highest BCUT2D eigenvalue weighted by Gasteiger charge is 2.59. The molecule has 0 aromatic carbocycles. The fourth-order valence-corrected chi connectivity index (χ4v) is 6.33. The lowest BCUT2D eigenvalue weighted by Gasteiger charge is -2.60. The lowest BCUT2D eigenvalue weighted by atomic mass is 9.44. The molecule has 5 unspecified atom stereocenters. The minimum Gasteiger partial charge on any atom is -0.481 e. The van der Waals surface area contributed by atoms with Crippen molar-refractivity contribution in [2.45, 2.75) is 72.1 Å². The number of hydrogen-bond donors (Lipinski definition) is 1. The molecule has 0 aromatic heterocycles. The zero-order chi connectivity index (χ0) is 14.5. The van der Waals surface area contributed by atoms with Crippen LogP contribution in [-0.4, -0.2) is 11.1 Å². The summed E-state index contributed by atoms with van der Waals surface area (Å²) in [4.78, 5) is 11.9. The maximum atomic E-state index is 11.9. The van der Waals surface area contributed by atoms with Crippen LogP contribution < -0.4 is 0 Å². The van der Waals surface area contributed by atoms with Gasteiger partial charge in [0.05, 0.1) is 5.41 Å².